The largest absolute Gasteiger partial charge is 0.447 e. The molecule has 1 heterocycles. The summed E-state index contributed by atoms with van der Waals surface area (Å²) in [6.07, 6.45) is 1.87. The van der Waals surface area contributed by atoms with Crippen LogP contribution in [0.3, 0.4) is 0 Å². The third-order valence-electron chi connectivity index (χ3n) is 5.93. The molecule has 3 aromatic rings. The number of amidine groups is 1. The van der Waals surface area contributed by atoms with Crippen LogP contribution in [0.1, 0.15) is 48.8 Å². The van der Waals surface area contributed by atoms with Crippen LogP contribution in [-0.2, 0) is 29.1 Å². The van der Waals surface area contributed by atoms with Crippen molar-refractivity contribution >= 4 is 23.5 Å². The Labute approximate surface area is 236 Å². The van der Waals surface area contributed by atoms with Crippen LogP contribution in [0.2, 0.25) is 5.15 Å². The van der Waals surface area contributed by atoms with Gasteiger partial charge in [-0.05, 0) is 23.1 Å². The number of aromatic nitrogens is 2. The van der Waals surface area contributed by atoms with Gasteiger partial charge in [-0.1, -0.05) is 73.5 Å². The van der Waals surface area contributed by atoms with Gasteiger partial charge in [0.05, 0.1) is 25.5 Å². The molecule has 0 bridgehead atoms. The van der Waals surface area contributed by atoms with Crippen LogP contribution in [0.15, 0.2) is 53.6 Å². The number of carbonyl (C=O) groups is 1. The van der Waals surface area contributed by atoms with Crippen molar-refractivity contribution in [2.45, 2.75) is 45.8 Å². The van der Waals surface area contributed by atoms with Crippen LogP contribution in [-0.4, -0.2) is 50.0 Å². The number of imidazole rings is 1. The lowest BCUT2D eigenvalue weighted by Gasteiger charge is -2.15. The zero-order chi connectivity index (χ0) is 29.1. The van der Waals surface area contributed by atoms with Gasteiger partial charge >= 0.3 is 6.09 Å². The summed E-state index contributed by atoms with van der Waals surface area (Å²) in [6.45, 7) is 2.03. The Hall–Kier alpha value is -4.20. The quantitative estimate of drug-likeness (QED) is 0.0492. The van der Waals surface area contributed by atoms with Crippen molar-refractivity contribution in [3.05, 3.63) is 86.4 Å². The van der Waals surface area contributed by atoms with Crippen LogP contribution in [0, 0.1) is 10.1 Å². The molecule has 214 valence electrons. The van der Waals surface area contributed by atoms with E-state index in [-0.39, 0.29) is 32.1 Å². The van der Waals surface area contributed by atoms with Crippen molar-refractivity contribution in [1.29, 1.82) is 0 Å². The number of hydrazine groups is 1. The Bertz CT molecular complexity index is 1330. The lowest BCUT2D eigenvalue weighted by atomic mass is 9.98. The molecule has 2 aromatic carbocycles. The molecule has 0 unspecified atom stereocenters. The predicted molar refractivity (Wildman–Crippen MR) is 148 cm³/mol. The number of rotatable bonds is 14. The predicted octanol–water partition coefficient (Wildman–Crippen LogP) is 3.62. The summed E-state index contributed by atoms with van der Waals surface area (Å²) in [4.78, 5) is 30.8. The Morgan fingerprint density at radius 3 is 2.60 bits per heavy atom. The third kappa shape index (κ3) is 8.15. The van der Waals surface area contributed by atoms with E-state index in [2.05, 4.69) is 21.8 Å². The van der Waals surface area contributed by atoms with Crippen molar-refractivity contribution in [1.82, 2.24) is 14.7 Å². The van der Waals surface area contributed by atoms with E-state index < -0.39 is 11.2 Å². The number of hydrazone groups is 1. The molecule has 1 amide bonds. The van der Waals surface area contributed by atoms with Crippen LogP contribution in [0.5, 0.6) is 0 Å². The average molecular weight is 574 g/mol. The second-order valence-electron chi connectivity index (χ2n) is 8.71. The lowest BCUT2D eigenvalue weighted by Crippen LogP contribution is -2.36. The number of unbranched alkanes of at least 4 members (excludes halogenated alkanes) is 1. The second kappa shape index (κ2) is 14.8. The number of nitrogens with zero attached hydrogens (tertiary/aromatic N) is 5. The first-order chi connectivity index (χ1) is 19.2. The summed E-state index contributed by atoms with van der Waals surface area (Å²) >= 11 is 6.27. The highest BCUT2D eigenvalue weighted by atomic mass is 35.5. The first-order valence-corrected chi connectivity index (χ1v) is 13.0. The molecule has 0 radical (unpaired) electrons. The number of aryl methyl sites for hydroxylation is 1. The number of amides is 1. The molecule has 14 heteroatoms. The number of nitrogens with two attached hydrogens (primary N) is 2. The molecular weight excluding hydrogens is 542 g/mol. The van der Waals surface area contributed by atoms with Crippen LogP contribution >= 0.6 is 11.6 Å². The van der Waals surface area contributed by atoms with E-state index in [1.54, 1.807) is 12.1 Å². The van der Waals surface area contributed by atoms with Gasteiger partial charge < -0.3 is 25.0 Å². The number of hydrogen-bond acceptors (Lipinski definition) is 9. The Morgan fingerprint density at radius 2 is 1.93 bits per heavy atom. The molecule has 0 aliphatic carbocycles. The van der Waals surface area contributed by atoms with E-state index in [4.69, 9.17) is 27.9 Å². The van der Waals surface area contributed by atoms with Gasteiger partial charge in [-0.25, -0.2) is 15.6 Å². The molecule has 0 saturated heterocycles. The fraction of sp³-hybridized carbons (Fsp3) is 0.346. The van der Waals surface area contributed by atoms with Gasteiger partial charge in [0.1, 0.15) is 5.82 Å². The van der Waals surface area contributed by atoms with Crippen molar-refractivity contribution < 1.29 is 24.6 Å². The summed E-state index contributed by atoms with van der Waals surface area (Å²) in [5.74, 6) is 6.51. The fourth-order valence-corrected chi connectivity index (χ4v) is 4.19. The summed E-state index contributed by atoms with van der Waals surface area (Å²) < 4.78 is 6.87. The third-order valence-corrected chi connectivity index (χ3v) is 6.23. The highest BCUT2D eigenvalue weighted by molar-refractivity contribution is 6.30. The van der Waals surface area contributed by atoms with Gasteiger partial charge in [0.15, 0.2) is 11.0 Å². The van der Waals surface area contributed by atoms with Crippen molar-refractivity contribution in [3.63, 3.8) is 0 Å². The highest BCUT2D eigenvalue weighted by Gasteiger charge is 2.16. The number of hydrogen-bond donors (Lipinski definition) is 3. The maximum atomic E-state index is 12.1. The number of ether oxygens (including phenoxy) is 1. The van der Waals surface area contributed by atoms with Gasteiger partial charge in [-0.3, -0.25) is 0 Å². The van der Waals surface area contributed by atoms with Crippen LogP contribution < -0.4 is 11.6 Å². The first kappa shape index (κ1) is 30.3. The van der Waals surface area contributed by atoms with E-state index in [9.17, 15) is 20.0 Å². The highest BCUT2D eigenvalue weighted by Crippen LogP contribution is 2.26. The fourth-order valence-electron chi connectivity index (χ4n) is 3.93. The number of benzene rings is 2. The van der Waals surface area contributed by atoms with E-state index >= 15 is 0 Å². The Kier molecular flexibility index (Phi) is 11.2. The number of halogens is 1. The molecule has 1 aromatic heterocycles. The molecule has 40 heavy (non-hydrogen) atoms. The van der Waals surface area contributed by atoms with Gasteiger partial charge in [-0.2, -0.15) is 0 Å². The lowest BCUT2D eigenvalue weighted by molar-refractivity contribution is -0.757. The monoisotopic (exact) mass is 573 g/mol. The molecule has 3 rings (SSSR count). The summed E-state index contributed by atoms with van der Waals surface area (Å²) in [6, 6.07) is 15.0. The zero-order valence-electron chi connectivity index (χ0n) is 22.0. The minimum Gasteiger partial charge on any atom is -0.447 e. The summed E-state index contributed by atoms with van der Waals surface area (Å²) in [7, 11) is 0. The van der Waals surface area contributed by atoms with Crippen LogP contribution in [0.25, 0.3) is 11.1 Å². The minimum atomic E-state index is -0.981. The Balaban J connectivity index is 1.73. The van der Waals surface area contributed by atoms with Crippen molar-refractivity contribution in [2.75, 3.05) is 13.2 Å². The molecule has 0 saturated carbocycles. The average Bonchev–Trinajstić information content (AvgIpc) is 3.24. The van der Waals surface area contributed by atoms with E-state index in [0.717, 1.165) is 41.8 Å². The molecule has 0 spiro atoms. The van der Waals surface area contributed by atoms with Gasteiger partial charge in [0.25, 0.3) is 5.09 Å². The maximum Gasteiger partial charge on any atom is 0.445 e. The topological polar surface area (TPSA) is 184 Å². The normalized spacial score (nSPS) is 11.3. The zero-order valence-corrected chi connectivity index (χ0v) is 22.8. The summed E-state index contributed by atoms with van der Waals surface area (Å²) in [5, 5.41) is 23.8. The molecule has 0 aliphatic heterocycles. The van der Waals surface area contributed by atoms with E-state index in [0.29, 0.717) is 28.1 Å². The SMILES string of the molecule is CCCCc1nc(Cl)c(CO)n1Cc1ccc(-c2ccccc2/C(N)=N/N(N)C(=O)OCCCO[N+](=O)[O-])cc1. The van der Waals surface area contributed by atoms with Gasteiger partial charge in [0, 0.05) is 24.9 Å². The Morgan fingerprint density at radius 1 is 1.20 bits per heavy atom. The molecule has 0 aliphatic rings. The van der Waals surface area contributed by atoms with Crippen LogP contribution in [0.4, 0.5) is 4.79 Å². The van der Waals surface area contributed by atoms with Gasteiger partial charge in [-0.15, -0.1) is 20.3 Å². The second-order valence-corrected chi connectivity index (χ2v) is 9.07. The standard InChI is InChI=1S/C26H32ClN7O6/c1-2-3-9-23-30-24(27)22(17-35)32(23)16-18-10-12-19(13-11-18)20-7-4-5-8-21(20)25(28)31-33(29)26(36)39-14-6-15-40-34(37)38/h4-5,7-8,10-13,35H,2-3,6,9,14-17,29H2,1H3,(H2,28,31). The number of aliphatic hydroxyl groups excluding tert-OH is 1. The summed E-state index contributed by atoms with van der Waals surface area (Å²) in [5.41, 5.74) is 9.92. The molecule has 0 atom stereocenters. The minimum absolute atomic E-state index is 0.0166. The van der Waals surface area contributed by atoms with Gasteiger partial charge in [0.2, 0.25) is 0 Å². The van der Waals surface area contributed by atoms with Crippen molar-refractivity contribution in [3.8, 4) is 11.1 Å². The smallest absolute Gasteiger partial charge is 0.445 e. The number of carbonyl (C=O) groups excluding carboxylic acids is 1. The first-order valence-electron chi connectivity index (χ1n) is 12.6. The molecule has 13 nitrogen and oxygen atoms in total. The van der Waals surface area contributed by atoms with E-state index in [1.165, 1.54) is 0 Å². The molecular formula is C26H32ClN7O6. The molecule has 0 fully saturated rings. The van der Waals surface area contributed by atoms with Crippen molar-refractivity contribution in [2.24, 2.45) is 16.7 Å². The maximum absolute atomic E-state index is 12.1. The van der Waals surface area contributed by atoms with E-state index in [1.807, 2.05) is 41.0 Å². The number of aliphatic hydroxyl groups is 1. The molecule has 5 N–H and O–H groups in total.